The third-order valence-corrected chi connectivity index (χ3v) is 3.43. The lowest BCUT2D eigenvalue weighted by Gasteiger charge is -2.22. The minimum atomic E-state index is -0.672. The van der Waals surface area contributed by atoms with Gasteiger partial charge in [0.1, 0.15) is 23.7 Å². The van der Waals surface area contributed by atoms with Gasteiger partial charge in [0.2, 0.25) is 0 Å². The fourth-order valence-corrected chi connectivity index (χ4v) is 2.33. The van der Waals surface area contributed by atoms with Crippen LogP contribution in [0.1, 0.15) is 0 Å². The predicted molar refractivity (Wildman–Crippen MR) is 91.3 cm³/mol. The van der Waals surface area contributed by atoms with E-state index in [-0.39, 0.29) is 11.4 Å². The monoisotopic (exact) mass is 341 g/mol. The number of methoxy groups -OCH3 is 1. The molecule has 0 unspecified atom stereocenters. The lowest BCUT2D eigenvalue weighted by atomic mass is 10.1. The van der Waals surface area contributed by atoms with Gasteiger partial charge < -0.3 is 20.5 Å². The first-order valence-electron chi connectivity index (χ1n) is 7.26. The SMILES string of the molecule is COc1ccccc1-c1cc(Nc2cc(F)cc(N([O-])O)c2)ncn1. The maximum atomic E-state index is 13.6. The van der Waals surface area contributed by atoms with Crippen LogP contribution in [-0.2, 0) is 0 Å². The Hall–Kier alpha value is -3.23. The fourth-order valence-electron chi connectivity index (χ4n) is 2.33. The van der Waals surface area contributed by atoms with Gasteiger partial charge in [-0.2, -0.15) is 0 Å². The topological polar surface area (TPSA) is 93.6 Å². The minimum Gasteiger partial charge on any atom is -0.733 e. The number of hydrogen-bond acceptors (Lipinski definition) is 7. The molecule has 0 fully saturated rings. The van der Waals surface area contributed by atoms with E-state index in [1.165, 1.54) is 18.5 Å². The van der Waals surface area contributed by atoms with Gasteiger partial charge in [0.25, 0.3) is 0 Å². The second-order valence-corrected chi connectivity index (χ2v) is 5.08. The molecule has 0 bridgehead atoms. The molecule has 25 heavy (non-hydrogen) atoms. The maximum absolute atomic E-state index is 13.6. The van der Waals surface area contributed by atoms with Crippen LogP contribution >= 0.6 is 0 Å². The van der Waals surface area contributed by atoms with Crippen molar-refractivity contribution in [2.24, 2.45) is 0 Å². The first-order valence-corrected chi connectivity index (χ1v) is 7.26. The van der Waals surface area contributed by atoms with E-state index in [9.17, 15) is 9.60 Å². The average molecular weight is 341 g/mol. The Morgan fingerprint density at radius 2 is 1.96 bits per heavy atom. The van der Waals surface area contributed by atoms with Gasteiger partial charge in [-0.05, 0) is 30.3 Å². The second-order valence-electron chi connectivity index (χ2n) is 5.08. The van der Waals surface area contributed by atoms with E-state index in [2.05, 4.69) is 15.3 Å². The lowest BCUT2D eigenvalue weighted by Crippen LogP contribution is -2.08. The normalized spacial score (nSPS) is 10.4. The highest BCUT2D eigenvalue weighted by molar-refractivity contribution is 5.71. The summed E-state index contributed by atoms with van der Waals surface area (Å²) in [5, 5.41) is 22.4. The summed E-state index contributed by atoms with van der Waals surface area (Å²) in [5.74, 6) is 0.374. The first-order chi connectivity index (χ1) is 12.1. The predicted octanol–water partition coefficient (Wildman–Crippen LogP) is 3.73. The summed E-state index contributed by atoms with van der Waals surface area (Å²) < 4.78 is 18.9. The van der Waals surface area contributed by atoms with Crippen LogP contribution in [-0.4, -0.2) is 22.3 Å². The van der Waals surface area contributed by atoms with E-state index in [4.69, 9.17) is 9.94 Å². The zero-order valence-corrected chi connectivity index (χ0v) is 13.2. The molecule has 0 saturated heterocycles. The Balaban J connectivity index is 1.93. The fraction of sp³-hybridized carbons (Fsp3) is 0.0588. The Morgan fingerprint density at radius 3 is 2.72 bits per heavy atom. The van der Waals surface area contributed by atoms with Crippen LogP contribution < -0.4 is 15.3 Å². The number of anilines is 3. The molecule has 0 radical (unpaired) electrons. The van der Waals surface area contributed by atoms with Crippen LogP contribution in [0.2, 0.25) is 0 Å². The van der Waals surface area contributed by atoms with Crippen LogP contribution in [0.4, 0.5) is 21.6 Å². The zero-order valence-electron chi connectivity index (χ0n) is 13.2. The van der Waals surface area contributed by atoms with Gasteiger partial charge in [-0.15, -0.1) is 0 Å². The molecule has 1 aromatic heterocycles. The summed E-state index contributed by atoms with van der Waals surface area (Å²) in [6.45, 7) is 0. The van der Waals surface area contributed by atoms with Gasteiger partial charge in [0.15, 0.2) is 0 Å². The molecule has 0 aliphatic heterocycles. The van der Waals surface area contributed by atoms with Gasteiger partial charge in [-0.1, -0.05) is 12.1 Å². The van der Waals surface area contributed by atoms with Crippen molar-refractivity contribution in [2.75, 3.05) is 17.7 Å². The van der Waals surface area contributed by atoms with Gasteiger partial charge in [-0.25, -0.2) is 14.4 Å². The van der Waals surface area contributed by atoms with Crippen LogP contribution in [0.15, 0.2) is 54.9 Å². The Bertz CT molecular complexity index is 889. The molecule has 8 heteroatoms. The molecule has 0 atom stereocenters. The van der Waals surface area contributed by atoms with E-state index in [1.54, 1.807) is 13.2 Å². The third kappa shape index (κ3) is 3.82. The summed E-state index contributed by atoms with van der Waals surface area (Å²) in [7, 11) is 1.57. The molecule has 2 aromatic carbocycles. The van der Waals surface area contributed by atoms with Crippen molar-refractivity contribution in [1.29, 1.82) is 0 Å². The molecular weight excluding hydrogens is 327 g/mol. The summed E-state index contributed by atoms with van der Waals surface area (Å²) in [6, 6.07) is 12.4. The quantitative estimate of drug-likeness (QED) is 0.683. The molecule has 0 spiro atoms. The van der Waals surface area contributed by atoms with Crippen molar-refractivity contribution in [3.63, 3.8) is 0 Å². The maximum Gasteiger partial charge on any atom is 0.134 e. The zero-order chi connectivity index (χ0) is 17.8. The van der Waals surface area contributed by atoms with E-state index in [0.29, 0.717) is 17.3 Å². The molecule has 0 aliphatic carbocycles. The van der Waals surface area contributed by atoms with Crippen LogP contribution in [0, 0.1) is 11.0 Å². The van der Waals surface area contributed by atoms with Gasteiger partial charge in [0, 0.05) is 17.3 Å². The highest BCUT2D eigenvalue weighted by Gasteiger charge is 2.09. The average Bonchev–Trinajstić information content (AvgIpc) is 2.61. The highest BCUT2D eigenvalue weighted by atomic mass is 19.1. The summed E-state index contributed by atoms with van der Waals surface area (Å²) in [4.78, 5) is 8.30. The number of aromatic nitrogens is 2. The number of hydrogen-bond donors (Lipinski definition) is 2. The standard InChI is InChI=1S/C17H14FN4O3/c1-25-16-5-3-2-4-14(16)15-9-17(20-10-19-15)21-12-6-11(18)7-13(8-12)22(23)24/h2-10,23H,1H3,(H,19,20,21)/q-1. The van der Waals surface area contributed by atoms with Crippen LogP contribution in [0.25, 0.3) is 11.3 Å². The molecule has 1 heterocycles. The molecule has 3 aromatic rings. The number of ether oxygens (including phenoxy) is 1. The van der Waals surface area contributed by atoms with Gasteiger partial charge in [0.05, 0.1) is 18.5 Å². The molecule has 2 N–H and O–H groups in total. The van der Waals surface area contributed by atoms with Crippen molar-refractivity contribution in [3.8, 4) is 17.0 Å². The van der Waals surface area contributed by atoms with E-state index >= 15 is 0 Å². The minimum absolute atomic E-state index is 0.235. The number of nitrogens with zero attached hydrogens (tertiary/aromatic N) is 3. The molecule has 7 nitrogen and oxygen atoms in total. The Labute approximate surface area is 142 Å². The first kappa shape index (κ1) is 16.6. The van der Waals surface area contributed by atoms with Crippen molar-refractivity contribution < 1.29 is 14.3 Å². The highest BCUT2D eigenvalue weighted by Crippen LogP contribution is 2.30. The van der Waals surface area contributed by atoms with Crippen LogP contribution in [0.5, 0.6) is 5.75 Å². The van der Waals surface area contributed by atoms with Gasteiger partial charge >= 0.3 is 0 Å². The summed E-state index contributed by atoms with van der Waals surface area (Å²) in [6.07, 6.45) is 1.36. The van der Waals surface area contributed by atoms with Gasteiger partial charge in [-0.3, -0.25) is 5.21 Å². The summed E-state index contributed by atoms with van der Waals surface area (Å²) in [5.41, 5.74) is 1.41. The third-order valence-electron chi connectivity index (χ3n) is 3.43. The number of nitrogens with one attached hydrogen (secondary N) is 1. The number of benzene rings is 2. The molecule has 0 amide bonds. The van der Waals surface area contributed by atoms with E-state index < -0.39 is 11.0 Å². The Kier molecular flexibility index (Phi) is 4.73. The summed E-state index contributed by atoms with van der Waals surface area (Å²) >= 11 is 0. The largest absolute Gasteiger partial charge is 0.733 e. The van der Waals surface area contributed by atoms with Crippen LogP contribution in [0.3, 0.4) is 0 Å². The Morgan fingerprint density at radius 1 is 1.16 bits per heavy atom. The lowest BCUT2D eigenvalue weighted by molar-refractivity contribution is 0.296. The number of halogens is 1. The van der Waals surface area contributed by atoms with E-state index in [1.807, 2.05) is 24.3 Å². The second kappa shape index (κ2) is 7.12. The number of para-hydroxylation sites is 1. The van der Waals surface area contributed by atoms with E-state index in [0.717, 1.165) is 11.6 Å². The van der Waals surface area contributed by atoms with Crippen molar-refractivity contribution in [3.05, 3.63) is 65.9 Å². The molecular formula is C17H14FN4O3-. The molecule has 128 valence electrons. The number of rotatable bonds is 5. The molecule has 3 rings (SSSR count). The molecule has 0 aliphatic rings. The molecule has 0 saturated carbocycles. The van der Waals surface area contributed by atoms with Crippen molar-refractivity contribution >= 4 is 17.2 Å². The smallest absolute Gasteiger partial charge is 0.134 e. The van der Waals surface area contributed by atoms with Crippen molar-refractivity contribution in [1.82, 2.24) is 9.97 Å². The van der Waals surface area contributed by atoms with Crippen molar-refractivity contribution in [2.45, 2.75) is 0 Å².